The molecule has 0 unspecified atom stereocenters. The first kappa shape index (κ1) is 10.2. The van der Waals surface area contributed by atoms with Crippen LogP contribution in [-0.4, -0.2) is 10.8 Å². The van der Waals surface area contributed by atoms with E-state index in [1.54, 1.807) is 6.20 Å². The van der Waals surface area contributed by atoms with Crippen LogP contribution in [0.15, 0.2) is 28.9 Å². The van der Waals surface area contributed by atoms with Gasteiger partial charge in [0.2, 0.25) is 5.88 Å². The van der Waals surface area contributed by atoms with Crippen molar-refractivity contribution < 1.29 is 9.26 Å². The lowest BCUT2D eigenvalue weighted by atomic mass is 9.99. The summed E-state index contributed by atoms with van der Waals surface area (Å²) in [5.74, 6) is 1.22. The fourth-order valence-corrected chi connectivity index (χ4v) is 2.28. The van der Waals surface area contributed by atoms with Crippen molar-refractivity contribution in [3.8, 4) is 16.9 Å². The van der Waals surface area contributed by atoms with Crippen molar-refractivity contribution in [3.05, 3.63) is 30.0 Å². The lowest BCUT2D eigenvalue weighted by molar-refractivity contribution is 0.139. The molecule has 1 aliphatic rings. The maximum absolute atomic E-state index is 5.98. The smallest absolute Gasteiger partial charge is 0.230 e. The number of nitrogens with zero attached hydrogens (tertiary/aromatic N) is 1. The summed E-state index contributed by atoms with van der Waals surface area (Å²) in [6.45, 7) is 4.15. The summed E-state index contributed by atoms with van der Waals surface area (Å²) in [6, 6.07) is 6.06. The highest BCUT2D eigenvalue weighted by Crippen LogP contribution is 2.43. The highest BCUT2D eigenvalue weighted by Gasteiger charge is 2.32. The zero-order chi connectivity index (χ0) is 12.0. The second kappa shape index (κ2) is 3.26. The van der Waals surface area contributed by atoms with E-state index in [1.165, 1.54) is 5.56 Å². The van der Waals surface area contributed by atoms with Gasteiger partial charge in [-0.25, -0.2) is 0 Å². The van der Waals surface area contributed by atoms with Crippen LogP contribution in [0, 0.1) is 0 Å². The predicted molar refractivity (Wildman–Crippen MR) is 64.8 cm³/mol. The number of hydrogen-bond acceptors (Lipinski definition) is 4. The van der Waals surface area contributed by atoms with Crippen molar-refractivity contribution in [2.45, 2.75) is 25.9 Å². The number of nitrogens with two attached hydrogens (primary N) is 1. The Balaban J connectivity index is 2.16. The minimum atomic E-state index is -0.162. The summed E-state index contributed by atoms with van der Waals surface area (Å²) in [4.78, 5) is 0. The number of hydrogen-bond donors (Lipinski definition) is 1. The SMILES string of the molecule is CC1(C)Cc2cccc(-c3cnoc3N)c2O1. The Bertz CT molecular complexity index is 573. The maximum Gasteiger partial charge on any atom is 0.230 e. The summed E-state index contributed by atoms with van der Waals surface area (Å²) in [6.07, 6.45) is 2.53. The van der Waals surface area contributed by atoms with Crippen LogP contribution in [0.1, 0.15) is 19.4 Å². The Kier molecular flexibility index (Phi) is 1.96. The summed E-state index contributed by atoms with van der Waals surface area (Å²) < 4.78 is 10.9. The Morgan fingerprint density at radius 2 is 2.12 bits per heavy atom. The van der Waals surface area contributed by atoms with Gasteiger partial charge in [0, 0.05) is 12.0 Å². The first-order valence-corrected chi connectivity index (χ1v) is 5.58. The molecule has 1 aromatic carbocycles. The van der Waals surface area contributed by atoms with Crippen LogP contribution in [0.5, 0.6) is 5.75 Å². The quantitative estimate of drug-likeness (QED) is 0.818. The van der Waals surface area contributed by atoms with Gasteiger partial charge < -0.3 is 15.0 Å². The van der Waals surface area contributed by atoms with Crippen LogP contribution in [0.2, 0.25) is 0 Å². The molecule has 0 amide bonds. The average molecular weight is 230 g/mol. The van der Waals surface area contributed by atoms with Gasteiger partial charge in [-0.2, -0.15) is 0 Å². The van der Waals surface area contributed by atoms with Gasteiger partial charge in [0.05, 0.1) is 11.8 Å². The van der Waals surface area contributed by atoms with Crippen LogP contribution >= 0.6 is 0 Å². The number of para-hydroxylation sites is 1. The predicted octanol–water partition coefficient (Wildman–Crippen LogP) is 2.64. The molecule has 1 aliphatic heterocycles. The van der Waals surface area contributed by atoms with Crippen molar-refractivity contribution in [1.29, 1.82) is 0 Å². The van der Waals surface area contributed by atoms with Crippen molar-refractivity contribution in [3.63, 3.8) is 0 Å². The van der Waals surface area contributed by atoms with Gasteiger partial charge >= 0.3 is 0 Å². The molecule has 0 saturated carbocycles. The first-order chi connectivity index (χ1) is 8.07. The Morgan fingerprint density at radius 1 is 1.29 bits per heavy atom. The van der Waals surface area contributed by atoms with Crippen LogP contribution in [-0.2, 0) is 6.42 Å². The zero-order valence-electron chi connectivity index (χ0n) is 9.86. The van der Waals surface area contributed by atoms with E-state index in [1.807, 2.05) is 12.1 Å². The molecule has 0 radical (unpaired) electrons. The molecule has 0 atom stereocenters. The van der Waals surface area contributed by atoms with E-state index < -0.39 is 0 Å². The molecular weight excluding hydrogens is 216 g/mol. The molecular formula is C13H14N2O2. The summed E-state index contributed by atoms with van der Waals surface area (Å²) in [5.41, 5.74) is 8.53. The Morgan fingerprint density at radius 3 is 2.82 bits per heavy atom. The maximum atomic E-state index is 5.98. The standard InChI is InChI=1S/C13H14N2O2/c1-13(2)6-8-4-3-5-9(11(8)16-13)10-7-15-17-12(10)14/h3-5,7H,6,14H2,1-2H3. The number of ether oxygens (including phenoxy) is 1. The highest BCUT2D eigenvalue weighted by molar-refractivity contribution is 5.78. The zero-order valence-corrected chi connectivity index (χ0v) is 9.86. The molecule has 17 heavy (non-hydrogen) atoms. The van der Waals surface area contributed by atoms with Gasteiger partial charge in [-0.3, -0.25) is 0 Å². The third kappa shape index (κ3) is 1.56. The van der Waals surface area contributed by atoms with Gasteiger partial charge in [-0.15, -0.1) is 0 Å². The van der Waals surface area contributed by atoms with Crippen LogP contribution in [0.3, 0.4) is 0 Å². The van der Waals surface area contributed by atoms with E-state index in [0.29, 0.717) is 5.88 Å². The van der Waals surface area contributed by atoms with E-state index in [0.717, 1.165) is 23.3 Å². The van der Waals surface area contributed by atoms with Gasteiger partial charge in [-0.05, 0) is 19.4 Å². The Labute approximate surface area is 99.4 Å². The molecule has 88 valence electrons. The normalized spacial score (nSPS) is 16.6. The molecule has 0 aliphatic carbocycles. The number of benzene rings is 1. The van der Waals surface area contributed by atoms with Gasteiger partial charge in [0.1, 0.15) is 11.4 Å². The minimum absolute atomic E-state index is 0.162. The molecule has 2 N–H and O–H groups in total. The molecule has 1 aromatic heterocycles. The van der Waals surface area contributed by atoms with Crippen LogP contribution < -0.4 is 10.5 Å². The third-order valence-electron chi connectivity index (χ3n) is 2.98. The van der Waals surface area contributed by atoms with Crippen LogP contribution in [0.25, 0.3) is 11.1 Å². The number of fused-ring (bicyclic) bond motifs is 1. The third-order valence-corrected chi connectivity index (χ3v) is 2.98. The van der Waals surface area contributed by atoms with E-state index in [4.69, 9.17) is 15.0 Å². The topological polar surface area (TPSA) is 61.3 Å². The monoisotopic (exact) mass is 230 g/mol. The fraction of sp³-hybridized carbons (Fsp3) is 0.308. The van der Waals surface area contributed by atoms with Gasteiger partial charge in [0.15, 0.2) is 0 Å². The molecule has 4 nitrogen and oxygen atoms in total. The van der Waals surface area contributed by atoms with E-state index in [-0.39, 0.29) is 5.60 Å². The molecule has 0 spiro atoms. The number of aromatic nitrogens is 1. The first-order valence-electron chi connectivity index (χ1n) is 5.58. The van der Waals surface area contributed by atoms with Gasteiger partial charge in [0.25, 0.3) is 0 Å². The second-order valence-corrected chi connectivity index (χ2v) is 4.94. The van der Waals surface area contributed by atoms with Crippen molar-refractivity contribution in [2.75, 3.05) is 5.73 Å². The number of anilines is 1. The largest absolute Gasteiger partial charge is 0.487 e. The molecule has 0 saturated heterocycles. The summed E-state index contributed by atoms with van der Waals surface area (Å²) >= 11 is 0. The Hall–Kier alpha value is -1.97. The molecule has 0 bridgehead atoms. The summed E-state index contributed by atoms with van der Waals surface area (Å²) in [7, 11) is 0. The van der Waals surface area contributed by atoms with Crippen molar-refractivity contribution in [2.24, 2.45) is 0 Å². The average Bonchev–Trinajstić information content (AvgIpc) is 2.78. The van der Waals surface area contributed by atoms with Crippen LogP contribution in [0.4, 0.5) is 5.88 Å². The van der Waals surface area contributed by atoms with E-state index in [9.17, 15) is 0 Å². The lowest BCUT2D eigenvalue weighted by Gasteiger charge is -2.18. The van der Waals surface area contributed by atoms with Crippen molar-refractivity contribution >= 4 is 5.88 Å². The lowest BCUT2D eigenvalue weighted by Crippen LogP contribution is -2.24. The molecule has 2 heterocycles. The molecule has 0 fully saturated rings. The minimum Gasteiger partial charge on any atom is -0.487 e. The van der Waals surface area contributed by atoms with E-state index in [2.05, 4.69) is 25.1 Å². The highest BCUT2D eigenvalue weighted by atomic mass is 16.5. The molecule has 4 heteroatoms. The number of nitrogen functional groups attached to an aromatic ring is 1. The summed E-state index contributed by atoms with van der Waals surface area (Å²) in [5, 5.41) is 3.70. The van der Waals surface area contributed by atoms with Crippen molar-refractivity contribution in [1.82, 2.24) is 5.16 Å². The molecule has 2 aromatic rings. The molecule has 3 rings (SSSR count). The van der Waals surface area contributed by atoms with E-state index >= 15 is 0 Å². The second-order valence-electron chi connectivity index (χ2n) is 4.94. The fourth-order valence-electron chi connectivity index (χ4n) is 2.28. The van der Waals surface area contributed by atoms with Gasteiger partial charge in [-0.1, -0.05) is 23.4 Å². The number of rotatable bonds is 1.